The Morgan fingerprint density at radius 1 is 1.30 bits per heavy atom. The number of hydrogen-bond acceptors (Lipinski definition) is 4. The topological polar surface area (TPSA) is 47.6 Å². The van der Waals surface area contributed by atoms with Crippen LogP contribution in [0, 0.1) is 0 Å². The molecule has 110 valence electrons. The van der Waals surface area contributed by atoms with Crippen molar-refractivity contribution in [2.45, 2.75) is 13.1 Å². The fourth-order valence-electron chi connectivity index (χ4n) is 1.32. The lowest BCUT2D eigenvalue weighted by molar-refractivity contribution is -0.138. The zero-order valence-corrected chi connectivity index (χ0v) is 11.0. The van der Waals surface area contributed by atoms with Crippen LogP contribution in [0.2, 0.25) is 0 Å². The average Bonchev–Trinajstić information content (AvgIpc) is 2.38. The van der Waals surface area contributed by atoms with Crippen LogP contribution >= 0.6 is 0 Å². The predicted molar refractivity (Wildman–Crippen MR) is 67.4 cm³/mol. The molecule has 7 heteroatoms. The molecule has 0 saturated heterocycles. The largest absolute Gasteiger partial charge is 0.497 e. The zero-order chi connectivity index (χ0) is 15.2. The molecular weight excluding hydrogens is 275 g/mol. The molecule has 0 aliphatic carbocycles. The summed E-state index contributed by atoms with van der Waals surface area (Å²) in [5.74, 6) is -0.542. The standard InChI is InChI=1S/C13H14F3NO3/c1-3-20-12(18)8-11(13(14,15)16)17-9-4-6-10(19-2)7-5-9/h4-8,17H,3H2,1-2H3/b11-8-. The number of ether oxygens (including phenoxy) is 2. The Morgan fingerprint density at radius 2 is 1.90 bits per heavy atom. The summed E-state index contributed by atoms with van der Waals surface area (Å²) in [7, 11) is 1.45. The van der Waals surface area contributed by atoms with Crippen LogP contribution in [0.4, 0.5) is 18.9 Å². The van der Waals surface area contributed by atoms with E-state index in [0.717, 1.165) is 0 Å². The van der Waals surface area contributed by atoms with Crippen LogP contribution < -0.4 is 10.1 Å². The highest BCUT2D eigenvalue weighted by molar-refractivity contribution is 5.83. The zero-order valence-electron chi connectivity index (χ0n) is 11.0. The second kappa shape index (κ2) is 6.83. The summed E-state index contributed by atoms with van der Waals surface area (Å²) in [6, 6.07) is 5.81. The number of carbonyl (C=O) groups is 1. The van der Waals surface area contributed by atoms with Crippen molar-refractivity contribution in [1.29, 1.82) is 0 Å². The Labute approximate surface area is 114 Å². The minimum atomic E-state index is -4.69. The fourth-order valence-corrected chi connectivity index (χ4v) is 1.32. The Bertz CT molecular complexity index is 481. The van der Waals surface area contributed by atoms with E-state index in [4.69, 9.17) is 4.74 Å². The normalized spacial score (nSPS) is 11.9. The number of esters is 1. The summed E-state index contributed by atoms with van der Waals surface area (Å²) in [5, 5.41) is 2.14. The minimum absolute atomic E-state index is 0.00298. The molecule has 0 heterocycles. The van der Waals surface area contributed by atoms with Crippen LogP contribution in [0.25, 0.3) is 0 Å². The molecule has 0 amide bonds. The van der Waals surface area contributed by atoms with Crippen molar-refractivity contribution >= 4 is 11.7 Å². The molecule has 0 unspecified atom stereocenters. The molecule has 0 spiro atoms. The van der Waals surface area contributed by atoms with Crippen molar-refractivity contribution in [2.75, 3.05) is 19.0 Å². The van der Waals surface area contributed by atoms with Crippen molar-refractivity contribution in [1.82, 2.24) is 0 Å². The first kappa shape index (κ1) is 15.9. The molecule has 0 fully saturated rings. The number of alkyl halides is 3. The first-order valence-electron chi connectivity index (χ1n) is 5.73. The van der Waals surface area contributed by atoms with Crippen LogP contribution in [0.5, 0.6) is 5.75 Å². The summed E-state index contributed by atoms with van der Waals surface area (Å²) in [4.78, 5) is 11.1. The van der Waals surface area contributed by atoms with Crippen LogP contribution in [0.1, 0.15) is 6.92 Å². The van der Waals surface area contributed by atoms with Crippen molar-refractivity contribution in [3.05, 3.63) is 36.0 Å². The molecule has 0 atom stereocenters. The molecule has 0 radical (unpaired) electrons. The molecule has 20 heavy (non-hydrogen) atoms. The molecule has 0 bridgehead atoms. The summed E-state index contributed by atoms with van der Waals surface area (Å²) in [6.45, 7) is 1.51. The van der Waals surface area contributed by atoms with Gasteiger partial charge in [0.05, 0.1) is 19.8 Å². The van der Waals surface area contributed by atoms with E-state index in [1.54, 1.807) is 0 Å². The molecule has 0 aliphatic rings. The second-order valence-electron chi connectivity index (χ2n) is 3.66. The van der Waals surface area contributed by atoms with Crippen LogP contribution in [0.3, 0.4) is 0 Å². The number of halogens is 3. The Kier molecular flexibility index (Phi) is 5.42. The van der Waals surface area contributed by atoms with E-state index in [9.17, 15) is 18.0 Å². The number of anilines is 1. The van der Waals surface area contributed by atoms with E-state index in [1.165, 1.54) is 38.3 Å². The van der Waals surface area contributed by atoms with Gasteiger partial charge in [-0.2, -0.15) is 13.2 Å². The van der Waals surface area contributed by atoms with E-state index >= 15 is 0 Å². The maximum absolute atomic E-state index is 12.8. The monoisotopic (exact) mass is 289 g/mol. The average molecular weight is 289 g/mol. The first-order valence-corrected chi connectivity index (χ1v) is 5.73. The maximum atomic E-state index is 12.8. The third-order valence-electron chi connectivity index (χ3n) is 2.22. The van der Waals surface area contributed by atoms with E-state index in [0.29, 0.717) is 11.8 Å². The molecule has 0 saturated carbocycles. The van der Waals surface area contributed by atoms with Crippen LogP contribution in [-0.4, -0.2) is 25.9 Å². The highest BCUT2D eigenvalue weighted by atomic mass is 19.4. The number of benzene rings is 1. The minimum Gasteiger partial charge on any atom is -0.497 e. The molecule has 0 aromatic heterocycles. The van der Waals surface area contributed by atoms with Gasteiger partial charge in [0.2, 0.25) is 0 Å². The number of hydrogen-bond donors (Lipinski definition) is 1. The smallest absolute Gasteiger partial charge is 0.431 e. The summed E-state index contributed by atoms with van der Waals surface area (Å²) in [5.41, 5.74) is -1.01. The van der Waals surface area contributed by atoms with Crippen molar-refractivity contribution < 1.29 is 27.4 Å². The highest BCUT2D eigenvalue weighted by Gasteiger charge is 2.35. The molecule has 0 aliphatic heterocycles. The van der Waals surface area contributed by atoms with Gasteiger partial charge in [-0.25, -0.2) is 4.79 Å². The third kappa shape index (κ3) is 4.83. The summed E-state index contributed by atoms with van der Waals surface area (Å²) >= 11 is 0. The SMILES string of the molecule is CCOC(=O)/C=C(\Nc1ccc(OC)cc1)C(F)(F)F. The number of allylic oxidation sites excluding steroid dienone is 1. The van der Waals surface area contributed by atoms with E-state index in [1.807, 2.05) is 0 Å². The Balaban J connectivity index is 2.92. The lowest BCUT2D eigenvalue weighted by atomic mass is 10.2. The van der Waals surface area contributed by atoms with Crippen molar-refractivity contribution in [3.8, 4) is 5.75 Å². The lowest BCUT2D eigenvalue weighted by Gasteiger charge is -2.14. The Hall–Kier alpha value is -2.18. The number of methoxy groups -OCH3 is 1. The van der Waals surface area contributed by atoms with Gasteiger partial charge in [-0.05, 0) is 31.2 Å². The van der Waals surface area contributed by atoms with E-state index in [2.05, 4.69) is 10.1 Å². The second-order valence-corrected chi connectivity index (χ2v) is 3.66. The third-order valence-corrected chi connectivity index (χ3v) is 2.22. The lowest BCUT2D eigenvalue weighted by Crippen LogP contribution is -2.21. The van der Waals surface area contributed by atoms with Gasteiger partial charge in [0, 0.05) is 5.69 Å². The highest BCUT2D eigenvalue weighted by Crippen LogP contribution is 2.27. The molecule has 4 nitrogen and oxygen atoms in total. The summed E-state index contributed by atoms with van der Waals surface area (Å²) < 4.78 is 47.7. The van der Waals surface area contributed by atoms with Gasteiger partial charge in [-0.3, -0.25) is 0 Å². The van der Waals surface area contributed by atoms with Crippen LogP contribution in [0.15, 0.2) is 36.0 Å². The van der Waals surface area contributed by atoms with Gasteiger partial charge in [0.15, 0.2) is 0 Å². The fraction of sp³-hybridized carbons (Fsp3) is 0.308. The Morgan fingerprint density at radius 3 is 2.35 bits per heavy atom. The quantitative estimate of drug-likeness (QED) is 0.668. The van der Waals surface area contributed by atoms with Gasteiger partial charge in [-0.15, -0.1) is 0 Å². The van der Waals surface area contributed by atoms with Gasteiger partial charge < -0.3 is 14.8 Å². The molecule has 1 aromatic carbocycles. The van der Waals surface area contributed by atoms with Crippen molar-refractivity contribution in [3.63, 3.8) is 0 Å². The first-order chi connectivity index (χ1) is 9.36. The van der Waals surface area contributed by atoms with E-state index < -0.39 is 17.8 Å². The van der Waals surface area contributed by atoms with Gasteiger partial charge >= 0.3 is 12.1 Å². The molecule has 1 N–H and O–H groups in total. The number of nitrogens with one attached hydrogen (secondary N) is 1. The molecule has 1 rings (SSSR count). The van der Waals surface area contributed by atoms with Crippen molar-refractivity contribution in [2.24, 2.45) is 0 Å². The number of carbonyl (C=O) groups excluding carboxylic acids is 1. The maximum Gasteiger partial charge on any atom is 0.431 e. The van der Waals surface area contributed by atoms with Gasteiger partial charge in [0.1, 0.15) is 11.4 Å². The predicted octanol–water partition coefficient (Wildman–Crippen LogP) is 3.12. The van der Waals surface area contributed by atoms with Gasteiger partial charge in [-0.1, -0.05) is 0 Å². The van der Waals surface area contributed by atoms with E-state index in [-0.39, 0.29) is 12.3 Å². The molecule has 1 aromatic rings. The summed E-state index contributed by atoms with van der Waals surface area (Å²) in [6.07, 6.45) is -4.31. The van der Waals surface area contributed by atoms with Crippen LogP contribution in [-0.2, 0) is 9.53 Å². The number of rotatable bonds is 5. The molecular formula is C13H14F3NO3. The van der Waals surface area contributed by atoms with Gasteiger partial charge in [0.25, 0.3) is 0 Å².